The normalized spacial score (nSPS) is 12.2. The van der Waals surface area contributed by atoms with E-state index >= 15 is 0 Å². The maximum Gasteiger partial charge on any atom is 0.343 e. The van der Waals surface area contributed by atoms with E-state index in [4.69, 9.17) is 18.9 Å². The number of hydrogen-bond acceptors (Lipinski definition) is 6. The number of ether oxygens (including phenoxy) is 4. The van der Waals surface area contributed by atoms with Crippen LogP contribution in [0.1, 0.15) is 128 Å². The molecule has 0 aliphatic rings. The van der Waals surface area contributed by atoms with E-state index in [0.717, 1.165) is 64.6 Å². The van der Waals surface area contributed by atoms with Crippen LogP contribution in [0.3, 0.4) is 0 Å². The van der Waals surface area contributed by atoms with Gasteiger partial charge in [-0.15, -0.1) is 0 Å². The van der Waals surface area contributed by atoms with E-state index < -0.39 is 11.9 Å². The van der Waals surface area contributed by atoms with E-state index in [-0.39, 0.29) is 0 Å². The van der Waals surface area contributed by atoms with Crippen LogP contribution in [-0.4, -0.2) is 25.2 Å². The number of carbonyl (C=O) groups excluding carboxylic acids is 2. The fourth-order valence-corrected chi connectivity index (χ4v) is 6.75. The van der Waals surface area contributed by atoms with E-state index in [1.54, 1.807) is 18.2 Å². The van der Waals surface area contributed by atoms with Gasteiger partial charge in [0.1, 0.15) is 23.0 Å². The molecule has 53 heavy (non-hydrogen) atoms. The molecule has 0 bridgehead atoms. The molecule has 4 rings (SSSR count). The summed E-state index contributed by atoms with van der Waals surface area (Å²) in [5.74, 6) is 2.62. The van der Waals surface area contributed by atoms with Gasteiger partial charge in [-0.3, -0.25) is 0 Å². The Morgan fingerprint density at radius 2 is 1.00 bits per heavy atom. The lowest BCUT2D eigenvalue weighted by atomic mass is 9.96. The molecule has 4 aromatic carbocycles. The van der Waals surface area contributed by atoms with E-state index in [2.05, 4.69) is 27.7 Å². The lowest BCUT2D eigenvalue weighted by molar-refractivity contribution is 0.0722. The Kier molecular flexibility index (Phi) is 15.6. The van der Waals surface area contributed by atoms with Crippen LogP contribution in [0.15, 0.2) is 66.7 Å². The summed E-state index contributed by atoms with van der Waals surface area (Å²) >= 11 is 0. The fourth-order valence-electron chi connectivity index (χ4n) is 6.75. The summed E-state index contributed by atoms with van der Waals surface area (Å²) in [4.78, 5) is 26.7. The molecule has 0 spiro atoms. The highest BCUT2D eigenvalue weighted by molar-refractivity contribution is 5.93. The summed E-state index contributed by atoms with van der Waals surface area (Å²) in [7, 11) is 0. The molecule has 0 aliphatic heterocycles. The van der Waals surface area contributed by atoms with Crippen LogP contribution in [0.5, 0.6) is 23.0 Å². The molecule has 0 saturated carbocycles. The highest BCUT2D eigenvalue weighted by Gasteiger charge is 2.19. The molecule has 6 heteroatoms. The number of benzene rings is 4. The van der Waals surface area contributed by atoms with Crippen LogP contribution in [0, 0.1) is 46.5 Å². The Bertz CT molecular complexity index is 1790. The molecular weight excluding hydrogens is 661 g/mol. The molecule has 0 aromatic heterocycles. The summed E-state index contributed by atoms with van der Waals surface area (Å²) in [6.07, 6.45) is 9.14. The molecule has 4 aromatic rings. The van der Waals surface area contributed by atoms with E-state index in [1.807, 2.05) is 83.1 Å². The topological polar surface area (TPSA) is 71.1 Å². The number of rotatable bonds is 19. The van der Waals surface area contributed by atoms with Crippen molar-refractivity contribution in [3.8, 4) is 34.1 Å². The third kappa shape index (κ3) is 11.7. The van der Waals surface area contributed by atoms with Gasteiger partial charge in [0.25, 0.3) is 0 Å². The quantitative estimate of drug-likeness (QED) is 0.0709. The number of hydrogen-bond donors (Lipinski definition) is 0. The Hall–Kier alpha value is -4.58. The highest BCUT2D eigenvalue weighted by atomic mass is 16.5. The maximum absolute atomic E-state index is 13.4. The van der Waals surface area contributed by atoms with Crippen LogP contribution in [0.2, 0.25) is 0 Å². The van der Waals surface area contributed by atoms with E-state index in [9.17, 15) is 9.59 Å². The molecule has 2 unspecified atom stereocenters. The number of esters is 2. The Morgan fingerprint density at radius 3 is 1.47 bits per heavy atom. The molecule has 0 saturated heterocycles. The predicted molar refractivity (Wildman–Crippen MR) is 216 cm³/mol. The van der Waals surface area contributed by atoms with Crippen molar-refractivity contribution in [1.29, 1.82) is 0 Å². The van der Waals surface area contributed by atoms with Crippen molar-refractivity contribution < 1.29 is 28.5 Å². The van der Waals surface area contributed by atoms with Crippen molar-refractivity contribution in [2.75, 3.05) is 13.2 Å². The first kappa shape index (κ1) is 41.2. The zero-order chi connectivity index (χ0) is 38.5. The first-order valence-corrected chi connectivity index (χ1v) is 19.6. The summed E-state index contributed by atoms with van der Waals surface area (Å²) in [5, 5.41) is 0. The third-order valence-electron chi connectivity index (χ3n) is 10.1. The molecular formula is C47H60O6. The number of carbonyl (C=O) groups is 2. The molecule has 0 amide bonds. The minimum absolute atomic E-state index is 0.414. The van der Waals surface area contributed by atoms with Crippen molar-refractivity contribution in [2.24, 2.45) is 11.8 Å². The van der Waals surface area contributed by atoms with Crippen LogP contribution < -0.4 is 18.9 Å². The van der Waals surface area contributed by atoms with Gasteiger partial charge < -0.3 is 18.9 Å². The van der Waals surface area contributed by atoms with E-state index in [0.29, 0.717) is 59.2 Å². The fraction of sp³-hybridized carbons (Fsp3) is 0.447. The SMILES string of the molecule is CCCCC(CC)COc1cccc(C(=O)Oc2c(C)cc(-c3cc(C)c(OC(=O)c4cc(C)cc(OCC(CC)CCCC)c4)c(C)c3)cc2C)c1. The predicted octanol–water partition coefficient (Wildman–Crippen LogP) is 12.5. The molecule has 284 valence electrons. The van der Waals surface area contributed by atoms with Gasteiger partial charge in [0.05, 0.1) is 24.3 Å². The average molecular weight is 721 g/mol. The molecule has 6 nitrogen and oxygen atoms in total. The van der Waals surface area contributed by atoms with Crippen molar-refractivity contribution in [3.05, 3.63) is 106 Å². The van der Waals surface area contributed by atoms with Gasteiger partial charge >= 0.3 is 11.9 Å². The van der Waals surface area contributed by atoms with Gasteiger partial charge in [-0.05, 0) is 159 Å². The van der Waals surface area contributed by atoms with Gasteiger partial charge in [0.2, 0.25) is 0 Å². The lowest BCUT2D eigenvalue weighted by Gasteiger charge is -2.17. The minimum atomic E-state index is -0.422. The first-order valence-electron chi connectivity index (χ1n) is 19.6. The highest BCUT2D eigenvalue weighted by Crippen LogP contribution is 2.35. The smallest absolute Gasteiger partial charge is 0.343 e. The van der Waals surface area contributed by atoms with Crippen molar-refractivity contribution in [1.82, 2.24) is 0 Å². The minimum Gasteiger partial charge on any atom is -0.493 e. The number of aryl methyl sites for hydroxylation is 5. The van der Waals surface area contributed by atoms with Gasteiger partial charge in [-0.2, -0.15) is 0 Å². The zero-order valence-electron chi connectivity index (χ0n) is 33.5. The molecule has 0 N–H and O–H groups in total. The Balaban J connectivity index is 1.45. The van der Waals surface area contributed by atoms with Crippen molar-refractivity contribution in [3.63, 3.8) is 0 Å². The first-order chi connectivity index (χ1) is 25.5. The van der Waals surface area contributed by atoms with Crippen LogP contribution in [-0.2, 0) is 0 Å². The largest absolute Gasteiger partial charge is 0.493 e. The summed E-state index contributed by atoms with van der Waals surface area (Å²) in [5.41, 5.74) is 7.22. The second-order valence-corrected chi connectivity index (χ2v) is 14.7. The number of unbranched alkanes of at least 4 members (excludes halogenated alkanes) is 2. The Morgan fingerprint density at radius 1 is 0.547 bits per heavy atom. The second kappa shape index (κ2) is 20.0. The van der Waals surface area contributed by atoms with Gasteiger partial charge in [-0.1, -0.05) is 72.3 Å². The second-order valence-electron chi connectivity index (χ2n) is 14.7. The van der Waals surface area contributed by atoms with E-state index in [1.165, 1.54) is 25.7 Å². The van der Waals surface area contributed by atoms with Crippen molar-refractivity contribution >= 4 is 11.9 Å². The molecule has 2 atom stereocenters. The summed E-state index contributed by atoms with van der Waals surface area (Å²) < 4.78 is 24.2. The van der Waals surface area contributed by atoms with Gasteiger partial charge in [-0.25, -0.2) is 9.59 Å². The standard InChI is InChI=1S/C47H60O6/c1-10-14-17-36(12-3)29-50-42-20-16-19-38(27-42)46(48)52-44-32(6)23-39(24-33(44)7)40-25-34(8)45(35(9)26-40)53-47(49)41-21-31(5)22-43(28-41)51-30-37(13-4)18-15-11-2/h16,19-28,36-37H,10-15,17-18,29-30H2,1-9H3. The maximum atomic E-state index is 13.4. The molecule has 0 aliphatic carbocycles. The zero-order valence-corrected chi connectivity index (χ0v) is 33.5. The van der Waals surface area contributed by atoms with Crippen molar-refractivity contribution in [2.45, 2.75) is 114 Å². The molecule has 0 fully saturated rings. The Labute approximate surface area is 318 Å². The van der Waals surface area contributed by atoms with Gasteiger partial charge in [0, 0.05) is 0 Å². The average Bonchev–Trinajstić information content (AvgIpc) is 3.14. The summed E-state index contributed by atoms with van der Waals surface area (Å²) in [6, 6.07) is 20.9. The summed E-state index contributed by atoms with van der Waals surface area (Å²) in [6.45, 7) is 19.8. The van der Waals surface area contributed by atoms with Crippen LogP contribution >= 0.6 is 0 Å². The lowest BCUT2D eigenvalue weighted by Crippen LogP contribution is -2.13. The molecule has 0 radical (unpaired) electrons. The van der Waals surface area contributed by atoms with Crippen LogP contribution in [0.4, 0.5) is 0 Å². The van der Waals surface area contributed by atoms with Crippen LogP contribution in [0.25, 0.3) is 11.1 Å². The van der Waals surface area contributed by atoms with Gasteiger partial charge in [0.15, 0.2) is 0 Å². The monoisotopic (exact) mass is 720 g/mol. The third-order valence-corrected chi connectivity index (χ3v) is 10.1. The molecule has 0 heterocycles.